The first-order valence-electron chi connectivity index (χ1n) is 7.95. The molecular formula is C19H20N2O3. The van der Waals surface area contributed by atoms with Gasteiger partial charge in [-0.2, -0.15) is 0 Å². The van der Waals surface area contributed by atoms with Crippen LogP contribution in [0.3, 0.4) is 0 Å². The minimum atomic E-state index is -0.873. The fourth-order valence-corrected chi connectivity index (χ4v) is 2.55. The van der Waals surface area contributed by atoms with Crippen molar-refractivity contribution in [1.29, 1.82) is 0 Å². The molecule has 124 valence electrons. The Morgan fingerprint density at radius 1 is 1.25 bits per heavy atom. The summed E-state index contributed by atoms with van der Waals surface area (Å²) in [6.45, 7) is 4.17. The molecule has 0 aliphatic rings. The Morgan fingerprint density at radius 3 is 2.75 bits per heavy atom. The number of benzene rings is 1. The minimum absolute atomic E-state index is 0.0833. The molecule has 5 heteroatoms. The fraction of sp³-hybridized carbons (Fsp3) is 0.263. The van der Waals surface area contributed by atoms with Crippen LogP contribution in [0, 0.1) is 0 Å². The number of amides is 1. The Labute approximate surface area is 140 Å². The van der Waals surface area contributed by atoms with Gasteiger partial charge in [-0.1, -0.05) is 32.0 Å². The van der Waals surface area contributed by atoms with E-state index in [1.54, 1.807) is 12.1 Å². The van der Waals surface area contributed by atoms with Crippen LogP contribution < -0.4 is 5.32 Å². The number of furan rings is 1. The summed E-state index contributed by atoms with van der Waals surface area (Å²) in [4.78, 5) is 17.2. The van der Waals surface area contributed by atoms with Gasteiger partial charge < -0.3 is 14.8 Å². The highest BCUT2D eigenvalue weighted by molar-refractivity contribution is 6.06. The van der Waals surface area contributed by atoms with Crippen LogP contribution in [0.2, 0.25) is 0 Å². The molecular weight excluding hydrogens is 304 g/mol. The van der Waals surface area contributed by atoms with E-state index in [9.17, 15) is 9.90 Å². The maximum atomic E-state index is 12.6. The zero-order valence-corrected chi connectivity index (χ0v) is 13.7. The van der Waals surface area contributed by atoms with Crippen LogP contribution in [-0.4, -0.2) is 22.5 Å². The number of aliphatic hydroxyl groups is 1. The molecule has 3 aromatic rings. The van der Waals surface area contributed by atoms with Crippen LogP contribution in [0.25, 0.3) is 10.9 Å². The third-order valence-electron chi connectivity index (χ3n) is 3.90. The lowest BCUT2D eigenvalue weighted by molar-refractivity contribution is 0.0902. The number of hydrogen-bond acceptors (Lipinski definition) is 4. The third kappa shape index (κ3) is 3.31. The van der Waals surface area contributed by atoms with Crippen LogP contribution in [0.15, 0.2) is 53.1 Å². The lowest BCUT2D eigenvalue weighted by Crippen LogP contribution is -2.28. The standard InChI is InChI=1S/C19H20N2O3/c1-12(2)16-10-14(13-6-3-4-7-15(13)21-16)19(23)20-11-17(22)18-8-5-9-24-18/h3-10,12,17,22H,11H2,1-2H3,(H,20,23). The van der Waals surface area contributed by atoms with E-state index in [0.717, 1.165) is 16.6 Å². The monoisotopic (exact) mass is 324 g/mol. The van der Waals surface area contributed by atoms with Crippen molar-refractivity contribution in [3.8, 4) is 0 Å². The molecule has 0 saturated carbocycles. The van der Waals surface area contributed by atoms with E-state index in [0.29, 0.717) is 11.3 Å². The smallest absolute Gasteiger partial charge is 0.252 e. The molecule has 1 atom stereocenters. The lowest BCUT2D eigenvalue weighted by atomic mass is 10.0. The molecule has 2 N–H and O–H groups in total. The number of pyridine rings is 1. The average Bonchev–Trinajstić information content (AvgIpc) is 3.13. The summed E-state index contributed by atoms with van der Waals surface area (Å²) >= 11 is 0. The zero-order chi connectivity index (χ0) is 17.1. The van der Waals surface area contributed by atoms with Gasteiger partial charge in [0.1, 0.15) is 11.9 Å². The quantitative estimate of drug-likeness (QED) is 0.754. The molecule has 0 spiro atoms. The summed E-state index contributed by atoms with van der Waals surface area (Å²) in [6, 6.07) is 12.8. The van der Waals surface area contributed by atoms with Crippen molar-refractivity contribution < 1.29 is 14.3 Å². The molecule has 0 saturated heterocycles. The van der Waals surface area contributed by atoms with Gasteiger partial charge in [0, 0.05) is 11.1 Å². The van der Waals surface area contributed by atoms with Crippen LogP contribution >= 0.6 is 0 Å². The summed E-state index contributed by atoms with van der Waals surface area (Å²) in [5.41, 5.74) is 2.22. The van der Waals surface area contributed by atoms with Gasteiger partial charge in [0.05, 0.1) is 23.9 Å². The van der Waals surface area contributed by atoms with E-state index in [1.165, 1.54) is 6.26 Å². The van der Waals surface area contributed by atoms with Crippen molar-refractivity contribution in [3.05, 3.63) is 65.7 Å². The zero-order valence-electron chi connectivity index (χ0n) is 13.7. The number of aliphatic hydroxyl groups excluding tert-OH is 1. The van der Waals surface area contributed by atoms with Gasteiger partial charge in [-0.25, -0.2) is 0 Å². The number of nitrogens with one attached hydrogen (secondary N) is 1. The van der Waals surface area contributed by atoms with Gasteiger partial charge >= 0.3 is 0 Å². The SMILES string of the molecule is CC(C)c1cc(C(=O)NCC(O)c2ccco2)c2ccccc2n1. The summed E-state index contributed by atoms with van der Waals surface area (Å²) in [5, 5.41) is 13.6. The first-order valence-corrected chi connectivity index (χ1v) is 7.95. The van der Waals surface area contributed by atoms with Gasteiger partial charge in [0.15, 0.2) is 0 Å². The third-order valence-corrected chi connectivity index (χ3v) is 3.90. The Balaban J connectivity index is 1.86. The van der Waals surface area contributed by atoms with Gasteiger partial charge in [-0.15, -0.1) is 0 Å². The average molecular weight is 324 g/mol. The van der Waals surface area contributed by atoms with E-state index in [-0.39, 0.29) is 18.4 Å². The summed E-state index contributed by atoms with van der Waals surface area (Å²) in [6.07, 6.45) is 0.618. The fourth-order valence-electron chi connectivity index (χ4n) is 2.55. The molecule has 2 heterocycles. The van der Waals surface area contributed by atoms with Crippen molar-refractivity contribution in [2.45, 2.75) is 25.9 Å². The van der Waals surface area contributed by atoms with Gasteiger partial charge in [0.2, 0.25) is 0 Å². The van der Waals surface area contributed by atoms with Crippen molar-refractivity contribution in [1.82, 2.24) is 10.3 Å². The second-order valence-electron chi connectivity index (χ2n) is 6.01. The Bertz CT molecular complexity index is 841. The first-order chi connectivity index (χ1) is 11.6. The number of nitrogens with zero attached hydrogens (tertiary/aromatic N) is 1. The van der Waals surface area contributed by atoms with Gasteiger partial charge in [-0.3, -0.25) is 9.78 Å². The molecule has 1 aromatic carbocycles. The second-order valence-corrected chi connectivity index (χ2v) is 6.01. The lowest BCUT2D eigenvalue weighted by Gasteiger charge is -2.13. The van der Waals surface area contributed by atoms with E-state index < -0.39 is 6.10 Å². The van der Waals surface area contributed by atoms with E-state index in [4.69, 9.17) is 4.42 Å². The normalized spacial score (nSPS) is 12.5. The predicted molar refractivity (Wildman–Crippen MR) is 91.8 cm³/mol. The molecule has 5 nitrogen and oxygen atoms in total. The number of rotatable bonds is 5. The molecule has 0 aliphatic heterocycles. The molecule has 0 fully saturated rings. The molecule has 1 amide bonds. The van der Waals surface area contributed by atoms with Crippen LogP contribution in [0.1, 0.15) is 47.7 Å². The van der Waals surface area contributed by atoms with Crippen molar-refractivity contribution in [2.75, 3.05) is 6.54 Å². The second kappa shape index (κ2) is 6.84. The number of aromatic nitrogens is 1. The van der Waals surface area contributed by atoms with Crippen molar-refractivity contribution >= 4 is 16.8 Å². The maximum absolute atomic E-state index is 12.6. The van der Waals surface area contributed by atoms with E-state index in [2.05, 4.69) is 10.3 Å². The summed E-state index contributed by atoms with van der Waals surface area (Å²) in [7, 11) is 0. The number of carbonyl (C=O) groups excluding carboxylic acids is 1. The summed E-state index contributed by atoms with van der Waals surface area (Å²) < 4.78 is 5.14. The van der Waals surface area contributed by atoms with Crippen LogP contribution in [0.5, 0.6) is 0 Å². The molecule has 0 radical (unpaired) electrons. The highest BCUT2D eigenvalue weighted by Crippen LogP contribution is 2.22. The number of hydrogen-bond donors (Lipinski definition) is 2. The molecule has 24 heavy (non-hydrogen) atoms. The topological polar surface area (TPSA) is 75.4 Å². The van der Waals surface area contributed by atoms with Gasteiger partial charge in [-0.05, 0) is 30.2 Å². The number of carbonyl (C=O) groups is 1. The van der Waals surface area contributed by atoms with E-state index in [1.807, 2.05) is 44.2 Å². The van der Waals surface area contributed by atoms with E-state index >= 15 is 0 Å². The van der Waals surface area contributed by atoms with Gasteiger partial charge in [0.25, 0.3) is 5.91 Å². The number of para-hydroxylation sites is 1. The summed E-state index contributed by atoms with van der Waals surface area (Å²) in [5.74, 6) is 0.411. The predicted octanol–water partition coefficient (Wildman–Crippen LogP) is 3.41. The Kier molecular flexibility index (Phi) is 4.62. The van der Waals surface area contributed by atoms with Crippen molar-refractivity contribution in [3.63, 3.8) is 0 Å². The molecule has 0 bridgehead atoms. The highest BCUT2D eigenvalue weighted by atomic mass is 16.4. The molecule has 0 aliphatic carbocycles. The Morgan fingerprint density at radius 2 is 2.04 bits per heavy atom. The molecule has 2 aromatic heterocycles. The maximum Gasteiger partial charge on any atom is 0.252 e. The molecule has 1 unspecified atom stereocenters. The largest absolute Gasteiger partial charge is 0.467 e. The Hall–Kier alpha value is -2.66. The van der Waals surface area contributed by atoms with Crippen LogP contribution in [-0.2, 0) is 0 Å². The first kappa shape index (κ1) is 16.2. The van der Waals surface area contributed by atoms with Crippen molar-refractivity contribution in [2.24, 2.45) is 0 Å². The number of fused-ring (bicyclic) bond motifs is 1. The minimum Gasteiger partial charge on any atom is -0.467 e. The van der Waals surface area contributed by atoms with Crippen LogP contribution in [0.4, 0.5) is 0 Å². The highest BCUT2D eigenvalue weighted by Gasteiger charge is 2.16. The molecule has 3 rings (SSSR count).